The minimum absolute atomic E-state index is 0.0545. The third-order valence-corrected chi connectivity index (χ3v) is 5.11. The molecule has 0 aliphatic carbocycles. The van der Waals surface area contributed by atoms with Gasteiger partial charge in [0.2, 0.25) is 0 Å². The maximum absolute atomic E-state index is 13.3. The SMILES string of the molecule is C[C@@H]1Cn2ncc(-c3ccc(F)cc3)c2CN1C(=O)Nc1ccc(F)c(Cl)c1. The van der Waals surface area contributed by atoms with E-state index in [0.717, 1.165) is 16.8 Å². The van der Waals surface area contributed by atoms with Gasteiger partial charge in [0.25, 0.3) is 0 Å². The van der Waals surface area contributed by atoms with Crippen molar-refractivity contribution in [2.75, 3.05) is 5.32 Å². The number of amides is 2. The molecule has 1 atom stereocenters. The van der Waals surface area contributed by atoms with Crippen LogP contribution in [0.2, 0.25) is 5.02 Å². The van der Waals surface area contributed by atoms with Gasteiger partial charge in [0.05, 0.1) is 36.0 Å². The van der Waals surface area contributed by atoms with Gasteiger partial charge in [-0.25, -0.2) is 13.6 Å². The number of carbonyl (C=O) groups excluding carboxylic acids is 1. The number of anilines is 1. The van der Waals surface area contributed by atoms with Gasteiger partial charge < -0.3 is 10.2 Å². The average molecular weight is 403 g/mol. The molecule has 4 rings (SSSR count). The number of aromatic nitrogens is 2. The normalized spacial score (nSPS) is 16.0. The lowest BCUT2D eigenvalue weighted by Gasteiger charge is -2.34. The van der Waals surface area contributed by atoms with Crippen molar-refractivity contribution in [1.29, 1.82) is 0 Å². The number of nitrogens with one attached hydrogen (secondary N) is 1. The molecule has 0 fully saturated rings. The standard InChI is InChI=1S/C20H17ClF2N4O/c1-12-10-27-19(16(9-24-27)13-2-4-14(22)5-3-13)11-26(12)20(28)25-15-6-7-18(23)17(21)8-15/h2-9,12H,10-11H2,1H3,(H,25,28)/t12-/m1/s1. The number of hydrogen-bond acceptors (Lipinski definition) is 2. The van der Waals surface area contributed by atoms with Crippen LogP contribution in [0.5, 0.6) is 0 Å². The fourth-order valence-electron chi connectivity index (χ4n) is 3.31. The van der Waals surface area contributed by atoms with Crippen molar-refractivity contribution in [3.05, 3.63) is 71.0 Å². The molecule has 0 saturated heterocycles. The molecule has 1 aliphatic rings. The van der Waals surface area contributed by atoms with E-state index in [1.54, 1.807) is 23.2 Å². The summed E-state index contributed by atoms with van der Waals surface area (Å²) < 4.78 is 28.4. The zero-order valence-electron chi connectivity index (χ0n) is 15.0. The molecule has 8 heteroatoms. The second kappa shape index (κ2) is 7.24. The zero-order chi connectivity index (χ0) is 19.8. The van der Waals surface area contributed by atoms with Gasteiger partial charge in [-0.15, -0.1) is 0 Å². The lowest BCUT2D eigenvalue weighted by molar-refractivity contribution is 0.162. The Labute approximate surface area is 165 Å². The summed E-state index contributed by atoms with van der Waals surface area (Å²) in [6.07, 6.45) is 1.73. The van der Waals surface area contributed by atoms with Crippen molar-refractivity contribution >= 4 is 23.3 Å². The largest absolute Gasteiger partial charge is 0.322 e. The first-order valence-electron chi connectivity index (χ1n) is 8.75. The van der Waals surface area contributed by atoms with Gasteiger partial charge in [-0.1, -0.05) is 23.7 Å². The number of rotatable bonds is 2. The first kappa shape index (κ1) is 18.4. The lowest BCUT2D eigenvalue weighted by Crippen LogP contribution is -2.46. The molecule has 0 saturated carbocycles. The van der Waals surface area contributed by atoms with Gasteiger partial charge in [-0.3, -0.25) is 4.68 Å². The van der Waals surface area contributed by atoms with E-state index >= 15 is 0 Å². The van der Waals surface area contributed by atoms with Crippen LogP contribution in [0.4, 0.5) is 19.3 Å². The first-order chi connectivity index (χ1) is 13.4. The third-order valence-electron chi connectivity index (χ3n) is 4.82. The summed E-state index contributed by atoms with van der Waals surface area (Å²) in [7, 11) is 0. The van der Waals surface area contributed by atoms with Crippen molar-refractivity contribution in [3.63, 3.8) is 0 Å². The first-order valence-corrected chi connectivity index (χ1v) is 9.13. The number of urea groups is 1. The van der Waals surface area contributed by atoms with Crippen LogP contribution in [0.15, 0.2) is 48.7 Å². The van der Waals surface area contributed by atoms with E-state index < -0.39 is 5.82 Å². The molecular formula is C20H17ClF2N4O. The quantitative estimate of drug-likeness (QED) is 0.661. The van der Waals surface area contributed by atoms with Crippen molar-refractivity contribution in [1.82, 2.24) is 14.7 Å². The Hall–Kier alpha value is -2.93. The molecule has 1 aromatic heterocycles. The molecule has 1 N–H and O–H groups in total. The topological polar surface area (TPSA) is 50.2 Å². The van der Waals surface area contributed by atoms with E-state index in [-0.39, 0.29) is 22.9 Å². The molecule has 3 aromatic rings. The Bertz CT molecular complexity index is 1040. The predicted octanol–water partition coefficient (Wildman–Crippen LogP) is 4.92. The molecule has 0 unspecified atom stereocenters. The van der Waals surface area contributed by atoms with Gasteiger partial charge in [-0.05, 0) is 42.8 Å². The Morgan fingerprint density at radius 3 is 2.68 bits per heavy atom. The summed E-state index contributed by atoms with van der Waals surface area (Å²) in [6.45, 7) is 2.81. The minimum atomic E-state index is -0.543. The molecule has 144 valence electrons. The van der Waals surface area contributed by atoms with Crippen LogP contribution >= 0.6 is 11.6 Å². The van der Waals surface area contributed by atoms with E-state index in [2.05, 4.69) is 10.4 Å². The van der Waals surface area contributed by atoms with Crippen LogP contribution in [-0.4, -0.2) is 26.8 Å². The van der Waals surface area contributed by atoms with Crippen LogP contribution in [0.1, 0.15) is 12.6 Å². The summed E-state index contributed by atoms with van der Waals surface area (Å²) in [5.41, 5.74) is 2.98. The highest BCUT2D eigenvalue weighted by Crippen LogP contribution is 2.29. The maximum atomic E-state index is 13.3. The van der Waals surface area contributed by atoms with Crippen molar-refractivity contribution < 1.29 is 13.6 Å². The van der Waals surface area contributed by atoms with Crippen LogP contribution in [0, 0.1) is 11.6 Å². The molecule has 0 radical (unpaired) electrons. The Balaban J connectivity index is 1.58. The predicted molar refractivity (Wildman–Crippen MR) is 103 cm³/mol. The Kier molecular flexibility index (Phi) is 4.77. The fourth-order valence-corrected chi connectivity index (χ4v) is 3.49. The number of hydrogen-bond donors (Lipinski definition) is 1. The van der Waals surface area contributed by atoms with Crippen LogP contribution in [0.25, 0.3) is 11.1 Å². The smallest absolute Gasteiger partial charge is 0.314 e. The number of fused-ring (bicyclic) bond motifs is 1. The summed E-state index contributed by atoms with van der Waals surface area (Å²) in [4.78, 5) is 14.5. The molecule has 0 bridgehead atoms. The molecular weight excluding hydrogens is 386 g/mol. The second-order valence-corrected chi connectivity index (χ2v) is 7.14. The fraction of sp³-hybridized carbons (Fsp3) is 0.200. The highest BCUT2D eigenvalue weighted by Gasteiger charge is 2.29. The number of nitrogens with zero attached hydrogens (tertiary/aromatic N) is 3. The molecule has 5 nitrogen and oxygen atoms in total. The van der Waals surface area contributed by atoms with Crippen LogP contribution in [-0.2, 0) is 13.1 Å². The van der Waals surface area contributed by atoms with Gasteiger partial charge in [0, 0.05) is 11.3 Å². The highest BCUT2D eigenvalue weighted by molar-refractivity contribution is 6.31. The Morgan fingerprint density at radius 2 is 1.96 bits per heavy atom. The number of carbonyl (C=O) groups is 1. The Morgan fingerprint density at radius 1 is 1.21 bits per heavy atom. The van der Waals surface area contributed by atoms with E-state index in [4.69, 9.17) is 11.6 Å². The van der Waals surface area contributed by atoms with E-state index in [9.17, 15) is 13.6 Å². The summed E-state index contributed by atoms with van der Waals surface area (Å²) in [6, 6.07) is 9.81. The van der Waals surface area contributed by atoms with Crippen molar-refractivity contribution in [2.45, 2.75) is 26.1 Å². The second-order valence-electron chi connectivity index (χ2n) is 6.73. The molecule has 28 heavy (non-hydrogen) atoms. The van der Waals surface area contributed by atoms with Gasteiger partial charge in [0.1, 0.15) is 11.6 Å². The van der Waals surface area contributed by atoms with E-state index in [0.29, 0.717) is 18.8 Å². The third kappa shape index (κ3) is 3.45. The average Bonchev–Trinajstić information content (AvgIpc) is 3.07. The molecule has 1 aliphatic heterocycles. The van der Waals surface area contributed by atoms with Gasteiger partial charge >= 0.3 is 6.03 Å². The maximum Gasteiger partial charge on any atom is 0.322 e. The molecule has 0 spiro atoms. The molecule has 2 amide bonds. The van der Waals surface area contributed by atoms with Crippen LogP contribution < -0.4 is 5.32 Å². The van der Waals surface area contributed by atoms with E-state index in [1.165, 1.54) is 30.3 Å². The monoisotopic (exact) mass is 402 g/mol. The van der Waals surface area contributed by atoms with E-state index in [1.807, 2.05) is 11.6 Å². The van der Waals surface area contributed by atoms with Gasteiger partial charge in [0.15, 0.2) is 0 Å². The summed E-state index contributed by atoms with van der Waals surface area (Å²) in [5.74, 6) is -0.851. The summed E-state index contributed by atoms with van der Waals surface area (Å²) >= 11 is 5.79. The van der Waals surface area contributed by atoms with Crippen LogP contribution in [0.3, 0.4) is 0 Å². The minimum Gasteiger partial charge on any atom is -0.314 e. The number of halogens is 3. The summed E-state index contributed by atoms with van der Waals surface area (Å²) in [5, 5.41) is 7.11. The van der Waals surface area contributed by atoms with Crippen molar-refractivity contribution in [2.24, 2.45) is 0 Å². The highest BCUT2D eigenvalue weighted by atomic mass is 35.5. The molecule has 2 heterocycles. The van der Waals surface area contributed by atoms with Crippen molar-refractivity contribution in [3.8, 4) is 11.1 Å². The molecule has 2 aromatic carbocycles. The zero-order valence-corrected chi connectivity index (χ0v) is 15.8. The number of benzene rings is 2. The lowest BCUT2D eigenvalue weighted by atomic mass is 10.0. The van der Waals surface area contributed by atoms with Gasteiger partial charge in [-0.2, -0.15) is 5.10 Å².